The van der Waals surface area contributed by atoms with E-state index in [2.05, 4.69) is 18.3 Å². The molecule has 0 aliphatic heterocycles. The molecule has 0 fully saturated rings. The van der Waals surface area contributed by atoms with Gasteiger partial charge in [-0.1, -0.05) is 19.1 Å². The van der Waals surface area contributed by atoms with Gasteiger partial charge in [0.2, 0.25) is 0 Å². The number of hydrogen-bond acceptors (Lipinski definition) is 3. The van der Waals surface area contributed by atoms with Crippen LogP contribution >= 0.6 is 0 Å². The molecule has 2 aromatic rings. The first-order valence-electron chi connectivity index (χ1n) is 6.90. The minimum absolute atomic E-state index is 0.369. The summed E-state index contributed by atoms with van der Waals surface area (Å²) in [5.74, 6) is 0.442. The van der Waals surface area contributed by atoms with Crippen molar-refractivity contribution in [1.29, 1.82) is 5.26 Å². The maximum absolute atomic E-state index is 13.1. The van der Waals surface area contributed by atoms with Crippen LogP contribution in [0.5, 0.6) is 11.5 Å². The lowest BCUT2D eigenvalue weighted by atomic mass is 10.1. The summed E-state index contributed by atoms with van der Waals surface area (Å²) in [4.78, 5) is 0. The molecule has 21 heavy (non-hydrogen) atoms. The van der Waals surface area contributed by atoms with Crippen molar-refractivity contribution in [3.63, 3.8) is 0 Å². The fourth-order valence-corrected chi connectivity index (χ4v) is 1.93. The SMILES string of the molecule is CCCNCc1ccc(Oc2cccc(F)c2)c(C#N)c1. The zero-order chi connectivity index (χ0) is 15.1. The molecule has 0 atom stereocenters. The largest absolute Gasteiger partial charge is 0.456 e. The van der Waals surface area contributed by atoms with Gasteiger partial charge >= 0.3 is 0 Å². The van der Waals surface area contributed by atoms with Crippen LogP contribution in [0, 0.1) is 17.1 Å². The van der Waals surface area contributed by atoms with E-state index in [0.29, 0.717) is 23.6 Å². The Kier molecular flexibility index (Phi) is 5.30. The number of hydrogen-bond donors (Lipinski definition) is 1. The van der Waals surface area contributed by atoms with E-state index in [1.54, 1.807) is 24.3 Å². The standard InChI is InChI=1S/C17H17FN2O/c1-2-8-20-12-13-6-7-17(14(9-13)11-19)21-16-5-3-4-15(18)10-16/h3-7,9-10,20H,2,8,12H2,1H3. The molecule has 0 aliphatic carbocycles. The molecule has 2 aromatic carbocycles. The minimum Gasteiger partial charge on any atom is -0.456 e. The molecule has 0 aromatic heterocycles. The topological polar surface area (TPSA) is 45.0 Å². The van der Waals surface area contributed by atoms with Crippen molar-refractivity contribution >= 4 is 0 Å². The number of ether oxygens (including phenoxy) is 1. The lowest BCUT2D eigenvalue weighted by molar-refractivity contribution is 0.475. The van der Waals surface area contributed by atoms with Gasteiger partial charge in [-0.05, 0) is 42.8 Å². The van der Waals surface area contributed by atoms with Crippen LogP contribution in [0.3, 0.4) is 0 Å². The molecule has 0 radical (unpaired) electrons. The molecule has 3 nitrogen and oxygen atoms in total. The summed E-state index contributed by atoms with van der Waals surface area (Å²) in [6, 6.07) is 13.4. The van der Waals surface area contributed by atoms with Crippen molar-refractivity contribution in [3.05, 3.63) is 59.4 Å². The Labute approximate surface area is 124 Å². The Hall–Kier alpha value is -2.38. The van der Waals surface area contributed by atoms with E-state index in [0.717, 1.165) is 18.5 Å². The molecule has 0 saturated carbocycles. The first-order valence-corrected chi connectivity index (χ1v) is 6.90. The van der Waals surface area contributed by atoms with Crippen molar-refractivity contribution in [2.24, 2.45) is 0 Å². The normalized spacial score (nSPS) is 10.1. The third-order valence-corrected chi connectivity index (χ3v) is 2.94. The van der Waals surface area contributed by atoms with Crippen LogP contribution in [-0.4, -0.2) is 6.54 Å². The molecule has 0 aliphatic rings. The average molecular weight is 284 g/mol. The summed E-state index contributed by atoms with van der Waals surface area (Å²) < 4.78 is 18.7. The van der Waals surface area contributed by atoms with Gasteiger partial charge in [0.1, 0.15) is 23.4 Å². The van der Waals surface area contributed by atoms with Crippen LogP contribution in [0.15, 0.2) is 42.5 Å². The van der Waals surface area contributed by atoms with Crippen LogP contribution in [-0.2, 0) is 6.54 Å². The van der Waals surface area contributed by atoms with Crippen LogP contribution in [0.4, 0.5) is 4.39 Å². The van der Waals surface area contributed by atoms with E-state index in [1.165, 1.54) is 12.1 Å². The van der Waals surface area contributed by atoms with Gasteiger partial charge in [-0.2, -0.15) is 5.26 Å². The van der Waals surface area contributed by atoms with Gasteiger partial charge < -0.3 is 10.1 Å². The van der Waals surface area contributed by atoms with Gasteiger partial charge in [-0.3, -0.25) is 0 Å². The fourth-order valence-electron chi connectivity index (χ4n) is 1.93. The molecule has 2 rings (SSSR count). The fraction of sp³-hybridized carbons (Fsp3) is 0.235. The summed E-state index contributed by atoms with van der Waals surface area (Å²) in [5, 5.41) is 12.5. The number of benzene rings is 2. The van der Waals surface area contributed by atoms with E-state index in [9.17, 15) is 9.65 Å². The predicted octanol–water partition coefficient (Wildman–Crippen LogP) is 3.99. The zero-order valence-corrected chi connectivity index (χ0v) is 11.9. The molecule has 0 bridgehead atoms. The summed E-state index contributed by atoms with van der Waals surface area (Å²) in [7, 11) is 0. The Bertz CT molecular complexity index is 649. The number of rotatable bonds is 6. The Morgan fingerprint density at radius 2 is 2.10 bits per heavy atom. The molecule has 0 heterocycles. The maximum Gasteiger partial charge on any atom is 0.145 e. The minimum atomic E-state index is -0.369. The third kappa shape index (κ3) is 4.30. The number of nitriles is 1. The van der Waals surface area contributed by atoms with Gasteiger partial charge in [0, 0.05) is 12.6 Å². The second kappa shape index (κ2) is 7.41. The quantitative estimate of drug-likeness (QED) is 0.816. The molecule has 4 heteroatoms. The highest BCUT2D eigenvalue weighted by Crippen LogP contribution is 2.26. The van der Waals surface area contributed by atoms with E-state index in [-0.39, 0.29) is 5.82 Å². The molecule has 1 N–H and O–H groups in total. The van der Waals surface area contributed by atoms with E-state index in [1.807, 2.05) is 6.07 Å². The molecular weight excluding hydrogens is 267 g/mol. The molecule has 108 valence electrons. The third-order valence-electron chi connectivity index (χ3n) is 2.94. The lowest BCUT2D eigenvalue weighted by Crippen LogP contribution is -2.13. The molecule has 0 amide bonds. The average Bonchev–Trinajstić information content (AvgIpc) is 2.49. The highest BCUT2D eigenvalue weighted by Gasteiger charge is 2.07. The van der Waals surface area contributed by atoms with Crippen molar-refractivity contribution in [2.75, 3.05) is 6.54 Å². The van der Waals surface area contributed by atoms with Crippen LogP contribution < -0.4 is 10.1 Å². The molecular formula is C17H17FN2O. The summed E-state index contributed by atoms with van der Waals surface area (Å²) >= 11 is 0. The van der Waals surface area contributed by atoms with E-state index in [4.69, 9.17) is 4.74 Å². The van der Waals surface area contributed by atoms with Gasteiger partial charge in [0.15, 0.2) is 0 Å². The monoisotopic (exact) mass is 284 g/mol. The molecule has 0 spiro atoms. The van der Waals surface area contributed by atoms with Crippen LogP contribution in [0.25, 0.3) is 0 Å². The summed E-state index contributed by atoms with van der Waals surface area (Å²) in [6.45, 7) is 3.75. The van der Waals surface area contributed by atoms with Crippen molar-refractivity contribution in [3.8, 4) is 17.6 Å². The van der Waals surface area contributed by atoms with Crippen molar-refractivity contribution in [2.45, 2.75) is 19.9 Å². The lowest BCUT2D eigenvalue weighted by Gasteiger charge is -2.09. The van der Waals surface area contributed by atoms with Crippen molar-refractivity contribution in [1.82, 2.24) is 5.32 Å². The van der Waals surface area contributed by atoms with Crippen molar-refractivity contribution < 1.29 is 9.13 Å². The van der Waals surface area contributed by atoms with Crippen LogP contribution in [0.2, 0.25) is 0 Å². The van der Waals surface area contributed by atoms with E-state index < -0.39 is 0 Å². The highest BCUT2D eigenvalue weighted by molar-refractivity contribution is 5.47. The van der Waals surface area contributed by atoms with Gasteiger partial charge in [0.25, 0.3) is 0 Å². The number of nitrogens with zero attached hydrogens (tertiary/aromatic N) is 1. The predicted molar refractivity (Wildman–Crippen MR) is 79.6 cm³/mol. The molecule has 0 unspecified atom stereocenters. The zero-order valence-electron chi connectivity index (χ0n) is 11.9. The smallest absolute Gasteiger partial charge is 0.145 e. The second-order valence-electron chi connectivity index (χ2n) is 4.68. The van der Waals surface area contributed by atoms with E-state index >= 15 is 0 Å². The van der Waals surface area contributed by atoms with Crippen LogP contribution in [0.1, 0.15) is 24.5 Å². The second-order valence-corrected chi connectivity index (χ2v) is 4.68. The highest BCUT2D eigenvalue weighted by atomic mass is 19.1. The number of nitrogens with one attached hydrogen (secondary N) is 1. The Morgan fingerprint density at radius 3 is 2.81 bits per heavy atom. The molecule has 0 saturated heterocycles. The van der Waals surface area contributed by atoms with Gasteiger partial charge in [-0.15, -0.1) is 0 Å². The summed E-state index contributed by atoms with van der Waals surface area (Å²) in [6.07, 6.45) is 1.06. The first kappa shape index (κ1) is 15.0. The first-order chi connectivity index (χ1) is 10.2. The van der Waals surface area contributed by atoms with Gasteiger partial charge in [-0.25, -0.2) is 4.39 Å². The summed E-state index contributed by atoms with van der Waals surface area (Å²) in [5.41, 5.74) is 1.46. The Morgan fingerprint density at radius 1 is 1.24 bits per heavy atom. The Balaban J connectivity index is 2.15. The maximum atomic E-state index is 13.1. The number of halogens is 1. The van der Waals surface area contributed by atoms with Gasteiger partial charge in [0.05, 0.1) is 5.56 Å².